The number of pyridine rings is 1. The number of esters is 1. The Hall–Kier alpha value is -2.92. The van der Waals surface area contributed by atoms with Crippen molar-refractivity contribution < 1.29 is 9.53 Å². The first-order chi connectivity index (χ1) is 13.7. The van der Waals surface area contributed by atoms with Gasteiger partial charge < -0.3 is 10.1 Å². The fourth-order valence-electron chi connectivity index (χ4n) is 4.04. The second kappa shape index (κ2) is 7.98. The van der Waals surface area contributed by atoms with Crippen molar-refractivity contribution in [2.75, 3.05) is 19.0 Å². The van der Waals surface area contributed by atoms with Gasteiger partial charge in [0.2, 0.25) is 0 Å². The van der Waals surface area contributed by atoms with Crippen molar-refractivity contribution in [3.05, 3.63) is 71.5 Å². The van der Waals surface area contributed by atoms with Gasteiger partial charge in [-0.1, -0.05) is 24.3 Å². The number of hydrogen-bond acceptors (Lipinski definition) is 5. The van der Waals surface area contributed by atoms with E-state index >= 15 is 0 Å². The number of carbonyl (C=O) groups excluding carboxylic acids is 1. The summed E-state index contributed by atoms with van der Waals surface area (Å²) in [5.74, 6) is -0.294. The zero-order valence-corrected chi connectivity index (χ0v) is 16.3. The van der Waals surface area contributed by atoms with E-state index < -0.39 is 0 Å². The number of ether oxygens (including phenoxy) is 1. The molecule has 1 atom stereocenters. The zero-order chi connectivity index (χ0) is 19.5. The Morgan fingerprint density at radius 1 is 1.25 bits per heavy atom. The number of aromatic nitrogens is 1. The highest BCUT2D eigenvalue weighted by Crippen LogP contribution is 2.29. The summed E-state index contributed by atoms with van der Waals surface area (Å²) in [6, 6.07) is 14.0. The van der Waals surface area contributed by atoms with E-state index in [1.807, 2.05) is 24.5 Å². The molecule has 0 radical (unpaired) electrons. The Bertz CT molecular complexity index is 997. The minimum atomic E-state index is -0.294. The average molecular weight is 375 g/mol. The molecule has 0 aliphatic carbocycles. The molecule has 5 heteroatoms. The van der Waals surface area contributed by atoms with E-state index in [4.69, 9.17) is 4.74 Å². The molecule has 28 heavy (non-hydrogen) atoms. The quantitative estimate of drug-likeness (QED) is 0.672. The molecule has 2 aromatic carbocycles. The number of anilines is 1. The maximum atomic E-state index is 11.8. The number of likely N-dealkylation sites (tertiary alicyclic amines) is 1. The maximum Gasteiger partial charge on any atom is 0.337 e. The van der Waals surface area contributed by atoms with Gasteiger partial charge in [0, 0.05) is 41.9 Å². The smallest absolute Gasteiger partial charge is 0.337 e. The largest absolute Gasteiger partial charge is 0.465 e. The first-order valence-electron chi connectivity index (χ1n) is 9.67. The summed E-state index contributed by atoms with van der Waals surface area (Å²) in [6.07, 6.45) is 6.34. The topological polar surface area (TPSA) is 54.5 Å². The molecule has 0 spiro atoms. The number of nitrogens with zero attached hydrogens (tertiary/aromatic N) is 2. The normalized spacial score (nSPS) is 17.0. The molecule has 3 aromatic rings. The van der Waals surface area contributed by atoms with Gasteiger partial charge in [-0.2, -0.15) is 0 Å². The molecule has 1 saturated heterocycles. The molecule has 0 bridgehead atoms. The van der Waals surface area contributed by atoms with Crippen molar-refractivity contribution in [2.24, 2.45) is 0 Å². The van der Waals surface area contributed by atoms with E-state index in [2.05, 4.69) is 46.4 Å². The fraction of sp³-hybridized carbons (Fsp3) is 0.304. The Kier molecular flexibility index (Phi) is 5.26. The van der Waals surface area contributed by atoms with Crippen molar-refractivity contribution >= 4 is 22.4 Å². The standard InChI is InChI=1S/C23H25N3O2/c1-16-13-24-14-19-8-4-9-20(22(16)19)25-21-10-5-11-26(21)15-17-6-3-7-18(12-17)23(27)28-2/h3-4,6-9,12-14,21,25H,5,10-11,15H2,1-2H3. The fourth-order valence-corrected chi connectivity index (χ4v) is 4.04. The summed E-state index contributed by atoms with van der Waals surface area (Å²) in [5.41, 5.74) is 4.05. The molecule has 1 unspecified atom stereocenters. The third-order valence-corrected chi connectivity index (χ3v) is 5.39. The van der Waals surface area contributed by atoms with Gasteiger partial charge in [-0.15, -0.1) is 0 Å². The van der Waals surface area contributed by atoms with Gasteiger partial charge in [0.05, 0.1) is 18.8 Å². The van der Waals surface area contributed by atoms with E-state index in [-0.39, 0.29) is 12.1 Å². The number of carbonyl (C=O) groups is 1. The van der Waals surface area contributed by atoms with Gasteiger partial charge in [0.15, 0.2) is 0 Å². The van der Waals surface area contributed by atoms with Crippen LogP contribution < -0.4 is 5.32 Å². The van der Waals surface area contributed by atoms with Crippen molar-refractivity contribution in [2.45, 2.75) is 32.5 Å². The highest BCUT2D eigenvalue weighted by Gasteiger charge is 2.25. The summed E-state index contributed by atoms with van der Waals surface area (Å²) in [6.45, 7) is 3.93. The van der Waals surface area contributed by atoms with E-state index in [0.29, 0.717) is 5.56 Å². The Morgan fingerprint density at radius 2 is 2.11 bits per heavy atom. The van der Waals surface area contributed by atoms with Crippen molar-refractivity contribution in [1.82, 2.24) is 9.88 Å². The average Bonchev–Trinajstić information content (AvgIpc) is 3.14. The van der Waals surface area contributed by atoms with Gasteiger partial charge in [-0.05, 0) is 49.1 Å². The molecule has 2 heterocycles. The molecule has 1 fully saturated rings. The number of benzene rings is 2. The predicted molar refractivity (Wildman–Crippen MR) is 111 cm³/mol. The highest BCUT2D eigenvalue weighted by atomic mass is 16.5. The molecule has 1 N–H and O–H groups in total. The van der Waals surface area contributed by atoms with E-state index in [0.717, 1.165) is 42.6 Å². The molecule has 0 saturated carbocycles. The number of methoxy groups -OCH3 is 1. The van der Waals surface area contributed by atoms with Crippen LogP contribution in [0.2, 0.25) is 0 Å². The number of nitrogens with one attached hydrogen (secondary N) is 1. The molecule has 4 rings (SSSR count). The summed E-state index contributed by atoms with van der Waals surface area (Å²) in [7, 11) is 1.41. The van der Waals surface area contributed by atoms with Crippen LogP contribution >= 0.6 is 0 Å². The maximum absolute atomic E-state index is 11.8. The third-order valence-electron chi connectivity index (χ3n) is 5.39. The summed E-state index contributed by atoms with van der Waals surface area (Å²) in [4.78, 5) is 18.6. The molecule has 144 valence electrons. The molecule has 5 nitrogen and oxygen atoms in total. The zero-order valence-electron chi connectivity index (χ0n) is 16.3. The first kappa shape index (κ1) is 18.4. The Labute approximate surface area is 165 Å². The van der Waals surface area contributed by atoms with E-state index in [9.17, 15) is 4.79 Å². The van der Waals surface area contributed by atoms with Crippen LogP contribution in [0.5, 0.6) is 0 Å². The monoisotopic (exact) mass is 375 g/mol. The lowest BCUT2D eigenvalue weighted by molar-refractivity contribution is 0.0600. The van der Waals surface area contributed by atoms with Crippen molar-refractivity contribution in [3.8, 4) is 0 Å². The molecule has 0 amide bonds. The molecule has 1 aliphatic rings. The van der Waals surface area contributed by atoms with Crippen LogP contribution in [0.4, 0.5) is 5.69 Å². The lowest BCUT2D eigenvalue weighted by atomic mass is 10.1. The summed E-state index contributed by atoms with van der Waals surface area (Å²) < 4.78 is 4.84. The number of aryl methyl sites for hydroxylation is 1. The molecular formula is C23H25N3O2. The summed E-state index contributed by atoms with van der Waals surface area (Å²) in [5, 5.41) is 6.14. The number of fused-ring (bicyclic) bond motifs is 1. The van der Waals surface area contributed by atoms with E-state index in [1.165, 1.54) is 18.1 Å². The minimum Gasteiger partial charge on any atom is -0.465 e. The minimum absolute atomic E-state index is 0.264. The van der Waals surface area contributed by atoms with Gasteiger partial charge >= 0.3 is 5.97 Å². The van der Waals surface area contributed by atoms with Crippen LogP contribution in [0.1, 0.15) is 34.3 Å². The van der Waals surface area contributed by atoms with Crippen LogP contribution in [0, 0.1) is 6.92 Å². The van der Waals surface area contributed by atoms with Crippen LogP contribution in [0.15, 0.2) is 54.9 Å². The van der Waals surface area contributed by atoms with E-state index in [1.54, 1.807) is 6.07 Å². The van der Waals surface area contributed by atoms with Gasteiger partial charge in [0.1, 0.15) is 0 Å². The van der Waals surface area contributed by atoms with Crippen molar-refractivity contribution in [3.63, 3.8) is 0 Å². The summed E-state index contributed by atoms with van der Waals surface area (Å²) >= 11 is 0. The molecule has 1 aromatic heterocycles. The third kappa shape index (κ3) is 3.71. The lowest BCUT2D eigenvalue weighted by Crippen LogP contribution is -2.35. The van der Waals surface area contributed by atoms with Crippen LogP contribution in [-0.2, 0) is 11.3 Å². The highest BCUT2D eigenvalue weighted by molar-refractivity contribution is 5.95. The second-order valence-corrected chi connectivity index (χ2v) is 7.32. The molecular weight excluding hydrogens is 350 g/mol. The Morgan fingerprint density at radius 3 is 2.96 bits per heavy atom. The van der Waals surface area contributed by atoms with Crippen molar-refractivity contribution in [1.29, 1.82) is 0 Å². The van der Waals surface area contributed by atoms with Crippen LogP contribution in [0.25, 0.3) is 10.8 Å². The number of rotatable bonds is 5. The van der Waals surface area contributed by atoms with Crippen LogP contribution in [-0.4, -0.2) is 35.7 Å². The Balaban J connectivity index is 1.55. The lowest BCUT2D eigenvalue weighted by Gasteiger charge is -2.27. The SMILES string of the molecule is COC(=O)c1cccc(CN2CCCC2Nc2cccc3cncc(C)c23)c1. The molecule has 1 aliphatic heterocycles. The first-order valence-corrected chi connectivity index (χ1v) is 9.67. The van der Waals surface area contributed by atoms with Gasteiger partial charge in [-0.25, -0.2) is 4.79 Å². The van der Waals surface area contributed by atoms with Gasteiger partial charge in [-0.3, -0.25) is 9.88 Å². The van der Waals surface area contributed by atoms with Crippen LogP contribution in [0.3, 0.4) is 0 Å². The predicted octanol–water partition coefficient (Wildman–Crippen LogP) is 4.36. The number of hydrogen-bond donors (Lipinski definition) is 1. The van der Waals surface area contributed by atoms with Gasteiger partial charge in [0.25, 0.3) is 0 Å². The second-order valence-electron chi connectivity index (χ2n) is 7.32.